The highest BCUT2D eigenvalue weighted by molar-refractivity contribution is 6.06. The van der Waals surface area contributed by atoms with Crippen LogP contribution in [0.15, 0.2) is 52.1 Å². The zero-order valence-electron chi connectivity index (χ0n) is 18.4. The fourth-order valence-corrected chi connectivity index (χ4v) is 4.32. The van der Waals surface area contributed by atoms with Gasteiger partial charge in [-0.3, -0.25) is 29.1 Å². The first kappa shape index (κ1) is 22.2. The Hall–Kier alpha value is -4.01. The molecule has 2 heterocycles. The van der Waals surface area contributed by atoms with E-state index in [1.165, 1.54) is 18.2 Å². The number of carbonyl (C=O) groups is 3. The van der Waals surface area contributed by atoms with Gasteiger partial charge in [-0.1, -0.05) is 19.1 Å². The summed E-state index contributed by atoms with van der Waals surface area (Å²) in [6, 6.07) is 11.5. The standard InChI is InChI=1S/C24H24N4O5/c1-3-24(12-11-19(29)27-22(24)32)15-6-8-16(9-7-15)25-20(30)14-5-10-17-18(13-14)26-23(33)28(4-2)21(17)31/h5-10,13H,3-4,11-12H2,1-2H3,(H,25,30)(H,26,33)(H,27,29,32). The fraction of sp³-hybridized carbons (Fsp3) is 0.292. The molecule has 3 amide bonds. The Morgan fingerprint density at radius 2 is 1.79 bits per heavy atom. The Labute approximate surface area is 188 Å². The molecule has 0 radical (unpaired) electrons. The predicted molar refractivity (Wildman–Crippen MR) is 123 cm³/mol. The average molecular weight is 448 g/mol. The van der Waals surface area contributed by atoms with Gasteiger partial charge in [0.25, 0.3) is 11.5 Å². The molecule has 33 heavy (non-hydrogen) atoms. The van der Waals surface area contributed by atoms with Crippen LogP contribution in [-0.4, -0.2) is 27.3 Å². The number of rotatable bonds is 5. The van der Waals surface area contributed by atoms with Crippen LogP contribution in [-0.2, 0) is 21.5 Å². The Morgan fingerprint density at radius 1 is 1.06 bits per heavy atom. The van der Waals surface area contributed by atoms with Crippen molar-refractivity contribution < 1.29 is 14.4 Å². The van der Waals surface area contributed by atoms with Gasteiger partial charge in [0, 0.05) is 24.2 Å². The molecule has 9 nitrogen and oxygen atoms in total. The first-order valence-electron chi connectivity index (χ1n) is 10.8. The smallest absolute Gasteiger partial charge is 0.322 e. The number of hydrogen-bond acceptors (Lipinski definition) is 5. The van der Waals surface area contributed by atoms with Gasteiger partial charge in [0.15, 0.2) is 0 Å². The molecule has 1 aliphatic rings. The number of imide groups is 1. The van der Waals surface area contributed by atoms with Crippen LogP contribution in [0.25, 0.3) is 10.9 Å². The number of aromatic amines is 1. The second-order valence-corrected chi connectivity index (χ2v) is 8.08. The quantitative estimate of drug-likeness (QED) is 0.514. The van der Waals surface area contributed by atoms with Crippen molar-refractivity contribution in [1.29, 1.82) is 0 Å². The largest absolute Gasteiger partial charge is 0.328 e. The summed E-state index contributed by atoms with van der Waals surface area (Å²) in [5.74, 6) is -0.972. The summed E-state index contributed by atoms with van der Waals surface area (Å²) in [6.07, 6.45) is 1.27. The highest BCUT2D eigenvalue weighted by Gasteiger charge is 2.42. The van der Waals surface area contributed by atoms with Crippen molar-refractivity contribution in [1.82, 2.24) is 14.9 Å². The van der Waals surface area contributed by atoms with E-state index in [-0.39, 0.29) is 30.3 Å². The van der Waals surface area contributed by atoms with Crippen LogP contribution in [0.3, 0.4) is 0 Å². The number of fused-ring (bicyclic) bond motifs is 1. The van der Waals surface area contributed by atoms with E-state index in [9.17, 15) is 24.0 Å². The summed E-state index contributed by atoms with van der Waals surface area (Å²) in [4.78, 5) is 64.0. The third-order valence-corrected chi connectivity index (χ3v) is 6.33. The molecule has 1 atom stereocenters. The molecular formula is C24H24N4O5. The SMILES string of the molecule is CCn1c(=O)[nH]c2cc(C(=O)Nc3ccc(C4(CC)CCC(=O)NC4=O)cc3)ccc2c1=O. The van der Waals surface area contributed by atoms with Crippen molar-refractivity contribution in [3.63, 3.8) is 0 Å². The van der Waals surface area contributed by atoms with Gasteiger partial charge in [-0.2, -0.15) is 0 Å². The van der Waals surface area contributed by atoms with Gasteiger partial charge < -0.3 is 10.3 Å². The van der Waals surface area contributed by atoms with Crippen LogP contribution in [0.4, 0.5) is 5.69 Å². The van der Waals surface area contributed by atoms with Gasteiger partial charge in [-0.15, -0.1) is 0 Å². The molecule has 1 aromatic heterocycles. The molecule has 1 unspecified atom stereocenters. The van der Waals surface area contributed by atoms with Crippen molar-refractivity contribution in [3.8, 4) is 0 Å². The van der Waals surface area contributed by atoms with E-state index in [4.69, 9.17) is 0 Å². The van der Waals surface area contributed by atoms with E-state index in [2.05, 4.69) is 15.6 Å². The van der Waals surface area contributed by atoms with E-state index in [1.54, 1.807) is 31.2 Å². The lowest BCUT2D eigenvalue weighted by atomic mass is 9.72. The number of hydrogen-bond donors (Lipinski definition) is 3. The van der Waals surface area contributed by atoms with E-state index >= 15 is 0 Å². The first-order chi connectivity index (χ1) is 15.8. The van der Waals surface area contributed by atoms with Crippen LogP contribution in [0.5, 0.6) is 0 Å². The lowest BCUT2D eigenvalue weighted by Gasteiger charge is -2.35. The summed E-state index contributed by atoms with van der Waals surface area (Å²) < 4.78 is 1.09. The van der Waals surface area contributed by atoms with Gasteiger partial charge in [0.1, 0.15) is 0 Å². The van der Waals surface area contributed by atoms with Crippen molar-refractivity contribution in [2.45, 2.75) is 45.1 Å². The van der Waals surface area contributed by atoms with Crippen LogP contribution >= 0.6 is 0 Å². The number of piperidine rings is 1. The maximum absolute atomic E-state index is 12.8. The Kier molecular flexibility index (Phi) is 5.71. The van der Waals surface area contributed by atoms with Crippen LogP contribution < -0.4 is 21.9 Å². The summed E-state index contributed by atoms with van der Waals surface area (Å²) >= 11 is 0. The summed E-state index contributed by atoms with van der Waals surface area (Å²) in [5, 5.41) is 5.53. The van der Waals surface area contributed by atoms with Crippen molar-refractivity contribution >= 4 is 34.3 Å². The summed E-state index contributed by atoms with van der Waals surface area (Å²) in [5.41, 5.74) is 0.178. The zero-order chi connectivity index (χ0) is 23.8. The molecule has 3 aromatic rings. The average Bonchev–Trinajstić information content (AvgIpc) is 2.80. The molecule has 1 fully saturated rings. The number of aromatic nitrogens is 2. The molecule has 1 aliphatic heterocycles. The molecule has 4 rings (SSSR count). The lowest BCUT2D eigenvalue weighted by Crippen LogP contribution is -2.51. The summed E-state index contributed by atoms with van der Waals surface area (Å²) in [7, 11) is 0. The van der Waals surface area contributed by atoms with Gasteiger partial charge in [-0.05, 0) is 55.7 Å². The van der Waals surface area contributed by atoms with E-state index in [0.717, 1.165) is 10.1 Å². The summed E-state index contributed by atoms with van der Waals surface area (Å²) in [6.45, 7) is 3.86. The molecule has 0 bridgehead atoms. The number of nitrogens with one attached hydrogen (secondary N) is 3. The van der Waals surface area contributed by atoms with Crippen molar-refractivity contribution in [3.05, 3.63) is 74.4 Å². The number of benzene rings is 2. The molecule has 9 heteroatoms. The number of carbonyl (C=O) groups excluding carboxylic acids is 3. The fourth-order valence-electron chi connectivity index (χ4n) is 4.32. The van der Waals surface area contributed by atoms with E-state index in [0.29, 0.717) is 29.4 Å². The third-order valence-electron chi connectivity index (χ3n) is 6.33. The van der Waals surface area contributed by atoms with Gasteiger partial charge in [0.05, 0.1) is 16.3 Å². The van der Waals surface area contributed by atoms with Gasteiger partial charge in [0.2, 0.25) is 11.8 Å². The first-order valence-corrected chi connectivity index (χ1v) is 10.8. The van der Waals surface area contributed by atoms with Crippen LogP contribution in [0.1, 0.15) is 49.0 Å². The monoisotopic (exact) mass is 448 g/mol. The highest BCUT2D eigenvalue weighted by Crippen LogP contribution is 2.36. The minimum absolute atomic E-state index is 0.250. The molecule has 0 spiro atoms. The normalized spacial score (nSPS) is 18.2. The molecule has 0 saturated carbocycles. The minimum atomic E-state index is -0.772. The van der Waals surface area contributed by atoms with Crippen molar-refractivity contribution in [2.24, 2.45) is 0 Å². The minimum Gasteiger partial charge on any atom is -0.322 e. The number of anilines is 1. The lowest BCUT2D eigenvalue weighted by molar-refractivity contribution is -0.138. The van der Waals surface area contributed by atoms with Crippen LogP contribution in [0.2, 0.25) is 0 Å². The second kappa shape index (κ2) is 8.50. The predicted octanol–water partition coefficient (Wildman–Crippen LogP) is 2.05. The molecule has 1 saturated heterocycles. The van der Waals surface area contributed by atoms with E-state index in [1.807, 2.05) is 6.92 Å². The van der Waals surface area contributed by atoms with Gasteiger partial charge >= 0.3 is 5.69 Å². The highest BCUT2D eigenvalue weighted by atomic mass is 16.2. The second-order valence-electron chi connectivity index (χ2n) is 8.08. The van der Waals surface area contributed by atoms with Crippen LogP contribution in [0, 0.1) is 0 Å². The topological polar surface area (TPSA) is 130 Å². The molecule has 0 aliphatic carbocycles. The van der Waals surface area contributed by atoms with Crippen molar-refractivity contribution in [2.75, 3.05) is 5.32 Å². The van der Waals surface area contributed by atoms with Gasteiger partial charge in [-0.25, -0.2) is 4.79 Å². The Morgan fingerprint density at radius 3 is 2.42 bits per heavy atom. The number of H-pyrrole nitrogens is 1. The molecule has 3 N–H and O–H groups in total. The maximum atomic E-state index is 12.8. The number of amides is 3. The zero-order valence-corrected chi connectivity index (χ0v) is 18.4. The van der Waals surface area contributed by atoms with E-state index < -0.39 is 22.6 Å². The number of nitrogens with zero attached hydrogens (tertiary/aromatic N) is 1. The Bertz CT molecular complexity index is 1390. The third kappa shape index (κ3) is 3.86. The Balaban J connectivity index is 1.57. The molecule has 170 valence electrons. The maximum Gasteiger partial charge on any atom is 0.328 e. The molecular weight excluding hydrogens is 424 g/mol. The molecule has 2 aromatic carbocycles.